The lowest BCUT2D eigenvalue weighted by atomic mass is 9.94. The van der Waals surface area contributed by atoms with Crippen molar-refractivity contribution < 1.29 is 19.4 Å². The molecule has 0 aromatic heterocycles. The zero-order valence-electron chi connectivity index (χ0n) is 6.95. The topological polar surface area (TPSA) is 63.6 Å². The summed E-state index contributed by atoms with van der Waals surface area (Å²) in [7, 11) is 0. The molecule has 1 aliphatic heterocycles. The summed E-state index contributed by atoms with van der Waals surface area (Å²) in [6, 6.07) is 0. The maximum absolute atomic E-state index is 10.9. The van der Waals surface area contributed by atoms with E-state index in [1.807, 2.05) is 6.92 Å². The first-order chi connectivity index (χ1) is 5.63. The highest BCUT2D eigenvalue weighted by molar-refractivity contribution is 5.79. The largest absolute Gasteiger partial charge is 0.481 e. The second kappa shape index (κ2) is 3.56. The van der Waals surface area contributed by atoms with Gasteiger partial charge in [-0.2, -0.15) is 0 Å². The number of aliphatic carboxylic acids is 1. The van der Waals surface area contributed by atoms with Crippen LogP contribution in [0.5, 0.6) is 0 Å². The molecule has 0 aromatic rings. The molecule has 0 aliphatic carbocycles. The van der Waals surface area contributed by atoms with Crippen LogP contribution in [0.2, 0.25) is 0 Å². The predicted molar refractivity (Wildman–Crippen MR) is 40.5 cm³/mol. The number of rotatable bonds is 2. The lowest BCUT2D eigenvalue weighted by molar-refractivity contribution is -0.164. The van der Waals surface area contributed by atoms with E-state index in [9.17, 15) is 9.59 Å². The lowest BCUT2D eigenvalue weighted by Crippen LogP contribution is -2.32. The number of ether oxygens (including phenoxy) is 1. The van der Waals surface area contributed by atoms with Crippen molar-refractivity contribution in [2.24, 2.45) is 5.92 Å². The molecule has 0 radical (unpaired) electrons. The van der Waals surface area contributed by atoms with Gasteiger partial charge in [-0.15, -0.1) is 0 Å². The quantitative estimate of drug-likeness (QED) is 0.626. The smallest absolute Gasteiger partial charge is 0.307 e. The summed E-state index contributed by atoms with van der Waals surface area (Å²) in [4.78, 5) is 21.4. The highest BCUT2D eigenvalue weighted by Crippen LogP contribution is 2.22. The zero-order valence-corrected chi connectivity index (χ0v) is 6.95. The van der Waals surface area contributed by atoms with E-state index in [1.54, 1.807) is 0 Å². The number of carboxylic acid groups (broad SMARTS) is 1. The molecule has 12 heavy (non-hydrogen) atoms. The molecule has 0 amide bonds. The Morgan fingerprint density at radius 3 is 2.92 bits per heavy atom. The van der Waals surface area contributed by atoms with Crippen molar-refractivity contribution in [2.75, 3.05) is 0 Å². The van der Waals surface area contributed by atoms with Crippen molar-refractivity contribution in [1.29, 1.82) is 0 Å². The number of hydrogen-bond donors (Lipinski definition) is 1. The molecule has 1 saturated heterocycles. The molecule has 0 saturated carbocycles. The minimum absolute atomic E-state index is 0.0197. The molecule has 0 spiro atoms. The maximum atomic E-state index is 10.9. The number of hydrogen-bond acceptors (Lipinski definition) is 3. The van der Waals surface area contributed by atoms with Crippen LogP contribution in [0.1, 0.15) is 26.2 Å². The molecule has 1 aliphatic rings. The fraction of sp³-hybridized carbons (Fsp3) is 0.750. The van der Waals surface area contributed by atoms with E-state index in [2.05, 4.69) is 0 Å². The van der Waals surface area contributed by atoms with Crippen LogP contribution in [0.4, 0.5) is 0 Å². The van der Waals surface area contributed by atoms with Gasteiger partial charge >= 0.3 is 11.9 Å². The van der Waals surface area contributed by atoms with Crippen molar-refractivity contribution in [3.63, 3.8) is 0 Å². The van der Waals surface area contributed by atoms with Crippen LogP contribution >= 0.6 is 0 Å². The zero-order chi connectivity index (χ0) is 9.14. The fourth-order valence-corrected chi connectivity index (χ4v) is 1.32. The van der Waals surface area contributed by atoms with E-state index >= 15 is 0 Å². The molecule has 0 aromatic carbocycles. The van der Waals surface area contributed by atoms with Crippen molar-refractivity contribution in [1.82, 2.24) is 0 Å². The molecule has 2 unspecified atom stereocenters. The summed E-state index contributed by atoms with van der Waals surface area (Å²) in [5, 5.41) is 8.66. The number of carboxylic acids is 1. The molecular formula is C8H12O4. The van der Waals surface area contributed by atoms with Crippen molar-refractivity contribution in [3.8, 4) is 0 Å². The summed E-state index contributed by atoms with van der Waals surface area (Å²) < 4.78 is 4.91. The van der Waals surface area contributed by atoms with E-state index < -0.39 is 11.9 Å². The fourth-order valence-electron chi connectivity index (χ4n) is 1.32. The van der Waals surface area contributed by atoms with Crippen LogP contribution in [0.3, 0.4) is 0 Å². The van der Waals surface area contributed by atoms with Gasteiger partial charge in [0.15, 0.2) is 0 Å². The van der Waals surface area contributed by atoms with E-state index in [-0.39, 0.29) is 18.5 Å². The van der Waals surface area contributed by atoms with Gasteiger partial charge in [0.05, 0.1) is 12.3 Å². The van der Waals surface area contributed by atoms with Crippen LogP contribution < -0.4 is 0 Å². The molecule has 68 valence electrons. The van der Waals surface area contributed by atoms with E-state index in [1.165, 1.54) is 0 Å². The number of cyclic esters (lactones) is 1. The van der Waals surface area contributed by atoms with Crippen LogP contribution in [0.25, 0.3) is 0 Å². The first kappa shape index (κ1) is 9.03. The van der Waals surface area contributed by atoms with Crippen LogP contribution in [0, 0.1) is 5.92 Å². The summed E-state index contributed by atoms with van der Waals surface area (Å²) >= 11 is 0. The Kier molecular flexibility index (Phi) is 2.68. The molecule has 0 bridgehead atoms. The molecule has 1 fully saturated rings. The third-order valence-corrected chi connectivity index (χ3v) is 2.06. The number of carbonyl (C=O) groups excluding carboxylic acids is 1. The van der Waals surface area contributed by atoms with Gasteiger partial charge in [0.1, 0.15) is 6.10 Å². The van der Waals surface area contributed by atoms with Gasteiger partial charge in [-0.3, -0.25) is 9.59 Å². The minimum atomic E-state index is -0.898. The van der Waals surface area contributed by atoms with Crippen LogP contribution in [0.15, 0.2) is 0 Å². The highest BCUT2D eigenvalue weighted by Gasteiger charge is 2.31. The van der Waals surface area contributed by atoms with Gasteiger partial charge in [-0.25, -0.2) is 0 Å². The molecular weight excluding hydrogens is 160 g/mol. The Labute approximate surface area is 70.5 Å². The van der Waals surface area contributed by atoms with Gasteiger partial charge in [0.25, 0.3) is 0 Å². The Balaban J connectivity index is 2.56. The molecule has 2 atom stereocenters. The summed E-state index contributed by atoms with van der Waals surface area (Å²) in [5.41, 5.74) is 0. The number of esters is 1. The van der Waals surface area contributed by atoms with Gasteiger partial charge in [-0.1, -0.05) is 6.92 Å². The lowest BCUT2D eigenvalue weighted by Gasteiger charge is -2.25. The average Bonchev–Trinajstić information content (AvgIpc) is 2.03. The second-order valence-electron chi connectivity index (χ2n) is 3.00. The average molecular weight is 172 g/mol. The second-order valence-corrected chi connectivity index (χ2v) is 3.00. The van der Waals surface area contributed by atoms with Crippen LogP contribution in [-0.2, 0) is 14.3 Å². The standard InChI is InChI=1S/C8H12O4/c1-2-6-3-5(8(10)11)4-7(9)12-6/h5-6H,2-4H2,1H3,(H,10,11). The Morgan fingerprint density at radius 1 is 1.75 bits per heavy atom. The molecule has 4 heteroatoms. The highest BCUT2D eigenvalue weighted by atomic mass is 16.5. The third kappa shape index (κ3) is 1.96. The number of carbonyl (C=O) groups is 2. The van der Waals surface area contributed by atoms with E-state index in [0.29, 0.717) is 12.8 Å². The summed E-state index contributed by atoms with van der Waals surface area (Å²) in [6.07, 6.45) is 0.964. The monoisotopic (exact) mass is 172 g/mol. The predicted octanol–water partition coefficient (Wildman–Crippen LogP) is 0.803. The molecule has 1 rings (SSSR count). The van der Waals surface area contributed by atoms with E-state index in [4.69, 9.17) is 9.84 Å². The normalized spacial score (nSPS) is 29.6. The van der Waals surface area contributed by atoms with Gasteiger partial charge in [0.2, 0.25) is 0 Å². The maximum Gasteiger partial charge on any atom is 0.307 e. The first-order valence-corrected chi connectivity index (χ1v) is 4.05. The molecule has 1 heterocycles. The minimum Gasteiger partial charge on any atom is -0.481 e. The van der Waals surface area contributed by atoms with Crippen molar-refractivity contribution in [2.45, 2.75) is 32.3 Å². The van der Waals surface area contributed by atoms with Gasteiger partial charge in [0, 0.05) is 0 Å². The molecule has 1 N–H and O–H groups in total. The third-order valence-electron chi connectivity index (χ3n) is 2.06. The Bertz CT molecular complexity index is 199. The first-order valence-electron chi connectivity index (χ1n) is 4.05. The Morgan fingerprint density at radius 2 is 2.42 bits per heavy atom. The SMILES string of the molecule is CCC1CC(C(=O)O)CC(=O)O1. The van der Waals surface area contributed by atoms with Gasteiger partial charge < -0.3 is 9.84 Å². The summed E-state index contributed by atoms with van der Waals surface area (Å²) in [5.74, 6) is -1.83. The van der Waals surface area contributed by atoms with Crippen LogP contribution in [-0.4, -0.2) is 23.1 Å². The van der Waals surface area contributed by atoms with Gasteiger partial charge in [-0.05, 0) is 12.8 Å². The van der Waals surface area contributed by atoms with E-state index in [0.717, 1.165) is 0 Å². The summed E-state index contributed by atoms with van der Waals surface area (Å²) in [6.45, 7) is 1.88. The van der Waals surface area contributed by atoms with Crippen molar-refractivity contribution in [3.05, 3.63) is 0 Å². The molecule has 4 nitrogen and oxygen atoms in total. The van der Waals surface area contributed by atoms with Crippen molar-refractivity contribution >= 4 is 11.9 Å². The Hall–Kier alpha value is -1.06.